The molecule has 1 aromatic carbocycles. The summed E-state index contributed by atoms with van der Waals surface area (Å²) in [7, 11) is 0. The van der Waals surface area contributed by atoms with Crippen LogP contribution in [-0.2, 0) is 4.79 Å². The molecule has 0 N–H and O–H groups in total. The molecule has 0 saturated carbocycles. The van der Waals surface area contributed by atoms with E-state index in [0.29, 0.717) is 11.3 Å². The number of amides is 1. The lowest BCUT2D eigenvalue weighted by atomic mass is 10.1. The molecule has 0 bridgehead atoms. The van der Waals surface area contributed by atoms with Crippen molar-refractivity contribution in [3.8, 4) is 5.75 Å². The van der Waals surface area contributed by atoms with Gasteiger partial charge in [0.25, 0.3) is 5.91 Å². The van der Waals surface area contributed by atoms with Crippen molar-refractivity contribution in [3.63, 3.8) is 0 Å². The number of ether oxygens (including phenoxy) is 1. The molecular weight excluding hydrogens is 334 g/mol. The van der Waals surface area contributed by atoms with Crippen molar-refractivity contribution in [1.82, 2.24) is 4.90 Å². The van der Waals surface area contributed by atoms with E-state index in [0.717, 1.165) is 42.3 Å². The van der Waals surface area contributed by atoms with Crippen molar-refractivity contribution in [2.75, 3.05) is 19.7 Å². The van der Waals surface area contributed by atoms with E-state index in [9.17, 15) is 9.59 Å². The van der Waals surface area contributed by atoms with Gasteiger partial charge in [0.1, 0.15) is 5.75 Å². The van der Waals surface area contributed by atoms with Crippen LogP contribution in [-0.4, -0.2) is 36.8 Å². The molecule has 1 saturated heterocycles. The second kappa shape index (κ2) is 7.59. The fourth-order valence-electron chi connectivity index (χ4n) is 2.59. The van der Waals surface area contributed by atoms with Crippen LogP contribution in [0.3, 0.4) is 0 Å². The van der Waals surface area contributed by atoms with Gasteiger partial charge in [0.2, 0.25) is 0 Å². The van der Waals surface area contributed by atoms with Gasteiger partial charge < -0.3 is 9.64 Å². The zero-order chi connectivity index (χ0) is 15.2. The van der Waals surface area contributed by atoms with E-state index in [1.165, 1.54) is 12.8 Å². The average molecular weight is 354 g/mol. The van der Waals surface area contributed by atoms with Gasteiger partial charge in [-0.25, -0.2) is 0 Å². The molecule has 1 fully saturated rings. The van der Waals surface area contributed by atoms with Gasteiger partial charge in [-0.3, -0.25) is 9.59 Å². The summed E-state index contributed by atoms with van der Waals surface area (Å²) in [4.78, 5) is 25.2. The lowest BCUT2D eigenvalue weighted by molar-refractivity contribution is -0.133. The van der Waals surface area contributed by atoms with Crippen molar-refractivity contribution in [2.24, 2.45) is 0 Å². The normalized spacial score (nSPS) is 15.4. The number of carbonyl (C=O) groups excluding carboxylic acids is 2. The predicted molar refractivity (Wildman–Crippen MR) is 84.8 cm³/mol. The maximum Gasteiger partial charge on any atom is 0.260 e. The van der Waals surface area contributed by atoms with Gasteiger partial charge >= 0.3 is 0 Å². The third-order valence-corrected chi connectivity index (χ3v) is 4.15. The third kappa shape index (κ3) is 4.30. The number of rotatable bonds is 4. The molecule has 1 aliphatic rings. The van der Waals surface area contributed by atoms with Gasteiger partial charge in [-0.2, -0.15) is 0 Å². The zero-order valence-corrected chi connectivity index (χ0v) is 13.8. The van der Waals surface area contributed by atoms with E-state index in [2.05, 4.69) is 15.9 Å². The van der Waals surface area contributed by atoms with Gasteiger partial charge in [0, 0.05) is 17.6 Å². The number of hydrogen-bond acceptors (Lipinski definition) is 3. The van der Waals surface area contributed by atoms with E-state index >= 15 is 0 Å². The Morgan fingerprint density at radius 1 is 1.29 bits per heavy atom. The molecular formula is C16H20BrNO3. The molecule has 0 atom stereocenters. The number of likely N-dealkylation sites (tertiary alicyclic amines) is 1. The first-order chi connectivity index (χ1) is 10.1. The topological polar surface area (TPSA) is 46.6 Å². The fraction of sp³-hybridized carbons (Fsp3) is 0.500. The Hall–Kier alpha value is -1.36. The molecule has 0 aliphatic carbocycles. The maximum absolute atomic E-state index is 12.2. The van der Waals surface area contributed by atoms with Crippen LogP contribution in [0.5, 0.6) is 5.75 Å². The Morgan fingerprint density at radius 3 is 2.57 bits per heavy atom. The number of nitrogens with zero attached hydrogens (tertiary/aromatic N) is 1. The number of halogens is 1. The SMILES string of the molecule is Cc1cc(Br)cc(C=O)c1OCC(=O)N1CCCCCC1. The molecule has 1 amide bonds. The quantitative estimate of drug-likeness (QED) is 0.779. The summed E-state index contributed by atoms with van der Waals surface area (Å²) in [5.74, 6) is 0.493. The van der Waals surface area contributed by atoms with Gasteiger partial charge in [-0.05, 0) is 37.5 Å². The van der Waals surface area contributed by atoms with E-state index in [1.54, 1.807) is 6.07 Å². The standard InChI is InChI=1S/C16H20BrNO3/c1-12-8-14(17)9-13(10-19)16(12)21-11-15(20)18-6-4-2-3-5-7-18/h8-10H,2-7,11H2,1H3. The molecule has 5 heteroatoms. The second-order valence-corrected chi connectivity index (χ2v) is 6.26. The van der Waals surface area contributed by atoms with Crippen LogP contribution in [0.1, 0.15) is 41.6 Å². The molecule has 0 aromatic heterocycles. The minimum absolute atomic E-state index is 0.00364. The second-order valence-electron chi connectivity index (χ2n) is 5.34. The summed E-state index contributed by atoms with van der Waals surface area (Å²) < 4.78 is 6.45. The number of carbonyl (C=O) groups is 2. The molecule has 114 valence electrons. The monoisotopic (exact) mass is 353 g/mol. The highest BCUT2D eigenvalue weighted by atomic mass is 79.9. The Labute approximate surface area is 133 Å². The van der Waals surface area contributed by atoms with Crippen LogP contribution in [0.25, 0.3) is 0 Å². The first-order valence-electron chi connectivity index (χ1n) is 7.27. The van der Waals surface area contributed by atoms with Crippen LogP contribution in [0.2, 0.25) is 0 Å². The van der Waals surface area contributed by atoms with Gasteiger partial charge in [0.15, 0.2) is 12.9 Å². The Kier molecular flexibility index (Phi) is 5.79. The highest BCUT2D eigenvalue weighted by Gasteiger charge is 2.17. The molecule has 4 nitrogen and oxygen atoms in total. The van der Waals surface area contributed by atoms with Crippen LogP contribution in [0.4, 0.5) is 0 Å². The van der Waals surface area contributed by atoms with E-state index in [4.69, 9.17) is 4.74 Å². The molecule has 1 aliphatic heterocycles. The number of aryl methyl sites for hydroxylation is 1. The minimum Gasteiger partial charge on any atom is -0.483 e. The first kappa shape index (κ1) is 16.0. The fourth-order valence-corrected chi connectivity index (χ4v) is 3.18. The smallest absolute Gasteiger partial charge is 0.260 e. The van der Waals surface area contributed by atoms with Crippen molar-refractivity contribution in [2.45, 2.75) is 32.6 Å². The molecule has 2 rings (SSSR count). The van der Waals surface area contributed by atoms with Crippen LogP contribution >= 0.6 is 15.9 Å². The van der Waals surface area contributed by atoms with Crippen molar-refractivity contribution in [1.29, 1.82) is 0 Å². The third-order valence-electron chi connectivity index (χ3n) is 3.69. The number of benzene rings is 1. The molecule has 0 unspecified atom stereocenters. The van der Waals surface area contributed by atoms with E-state index in [-0.39, 0.29) is 12.5 Å². The Bertz CT molecular complexity index is 522. The number of aldehydes is 1. The molecule has 0 radical (unpaired) electrons. The van der Waals surface area contributed by atoms with Gasteiger partial charge in [0.05, 0.1) is 5.56 Å². The van der Waals surface area contributed by atoms with Crippen molar-refractivity contribution < 1.29 is 14.3 Å². The highest BCUT2D eigenvalue weighted by molar-refractivity contribution is 9.10. The van der Waals surface area contributed by atoms with Crippen molar-refractivity contribution in [3.05, 3.63) is 27.7 Å². The largest absolute Gasteiger partial charge is 0.483 e. The summed E-state index contributed by atoms with van der Waals surface area (Å²) in [5, 5.41) is 0. The van der Waals surface area contributed by atoms with Crippen LogP contribution in [0, 0.1) is 6.92 Å². The van der Waals surface area contributed by atoms with E-state index in [1.807, 2.05) is 17.9 Å². The summed E-state index contributed by atoms with van der Waals surface area (Å²) >= 11 is 3.35. The predicted octanol–water partition coefficient (Wildman–Crippen LogP) is 3.35. The van der Waals surface area contributed by atoms with Crippen LogP contribution < -0.4 is 4.74 Å². The number of hydrogen-bond donors (Lipinski definition) is 0. The lowest BCUT2D eigenvalue weighted by Crippen LogP contribution is -2.35. The van der Waals surface area contributed by atoms with Crippen LogP contribution in [0.15, 0.2) is 16.6 Å². The first-order valence-corrected chi connectivity index (χ1v) is 8.07. The average Bonchev–Trinajstić information content (AvgIpc) is 2.74. The Balaban J connectivity index is 2.02. The summed E-state index contributed by atoms with van der Waals surface area (Å²) in [6.07, 6.45) is 5.24. The zero-order valence-electron chi connectivity index (χ0n) is 12.2. The molecule has 21 heavy (non-hydrogen) atoms. The summed E-state index contributed by atoms with van der Waals surface area (Å²) in [6, 6.07) is 3.57. The van der Waals surface area contributed by atoms with Gasteiger partial charge in [-0.15, -0.1) is 0 Å². The highest BCUT2D eigenvalue weighted by Crippen LogP contribution is 2.27. The lowest BCUT2D eigenvalue weighted by Gasteiger charge is -2.21. The summed E-state index contributed by atoms with van der Waals surface area (Å²) in [5.41, 5.74) is 1.31. The minimum atomic E-state index is -0.0106. The van der Waals surface area contributed by atoms with Crippen molar-refractivity contribution >= 4 is 28.1 Å². The molecule has 0 spiro atoms. The summed E-state index contributed by atoms with van der Waals surface area (Å²) in [6.45, 7) is 3.47. The maximum atomic E-state index is 12.2. The molecule has 1 aromatic rings. The Morgan fingerprint density at radius 2 is 1.95 bits per heavy atom. The molecule has 1 heterocycles. The van der Waals surface area contributed by atoms with Gasteiger partial charge in [-0.1, -0.05) is 28.8 Å². The van der Waals surface area contributed by atoms with E-state index < -0.39 is 0 Å².